The Morgan fingerprint density at radius 2 is 1.96 bits per heavy atom. The quantitative estimate of drug-likeness (QED) is 0.501. The highest BCUT2D eigenvalue weighted by molar-refractivity contribution is 5.42. The molecular formula is C17H16N4O4. The highest BCUT2D eigenvalue weighted by Crippen LogP contribution is 2.25. The van der Waals surface area contributed by atoms with E-state index in [4.69, 9.17) is 9.15 Å². The summed E-state index contributed by atoms with van der Waals surface area (Å²) in [7, 11) is 0. The average Bonchev–Trinajstić information content (AvgIpc) is 3.03. The molecule has 0 spiro atoms. The third-order valence-corrected chi connectivity index (χ3v) is 3.61. The van der Waals surface area contributed by atoms with Crippen LogP contribution in [-0.2, 0) is 13.0 Å². The molecule has 8 nitrogen and oxygen atoms in total. The fraction of sp³-hybridized carbons (Fsp3) is 0.235. The Bertz CT molecular complexity index is 907. The topological polar surface area (TPSA) is 104 Å². The standard InChI is InChI=1S/C17H16N4O4/c1-11-7-14(21(22)23)17(18-9-11)24-10-16-20-19-15(25-16)8-13-6-4-3-5-12(13)2/h3-7,9H,8,10H2,1-2H3. The predicted molar refractivity (Wildman–Crippen MR) is 88.2 cm³/mol. The zero-order valence-corrected chi connectivity index (χ0v) is 13.8. The minimum atomic E-state index is -0.535. The summed E-state index contributed by atoms with van der Waals surface area (Å²) in [5, 5.41) is 19.0. The van der Waals surface area contributed by atoms with Gasteiger partial charge in [0.25, 0.3) is 11.8 Å². The van der Waals surface area contributed by atoms with Crippen LogP contribution in [0, 0.1) is 24.0 Å². The van der Waals surface area contributed by atoms with Crippen LogP contribution in [0.4, 0.5) is 5.69 Å². The molecule has 0 aliphatic heterocycles. The minimum absolute atomic E-state index is 0.0748. The van der Waals surface area contributed by atoms with Gasteiger partial charge in [-0.25, -0.2) is 4.98 Å². The molecule has 25 heavy (non-hydrogen) atoms. The van der Waals surface area contributed by atoms with Gasteiger partial charge in [-0.3, -0.25) is 10.1 Å². The molecule has 0 aliphatic carbocycles. The van der Waals surface area contributed by atoms with Crippen LogP contribution in [0.1, 0.15) is 28.5 Å². The van der Waals surface area contributed by atoms with Gasteiger partial charge in [-0.05, 0) is 30.5 Å². The largest absolute Gasteiger partial charge is 0.463 e. The van der Waals surface area contributed by atoms with Crippen LogP contribution < -0.4 is 4.74 Å². The number of nitro groups is 1. The van der Waals surface area contributed by atoms with Crippen LogP contribution in [0.2, 0.25) is 0 Å². The Kier molecular flexibility index (Phi) is 4.69. The van der Waals surface area contributed by atoms with E-state index in [0.29, 0.717) is 17.9 Å². The van der Waals surface area contributed by atoms with Gasteiger partial charge < -0.3 is 9.15 Å². The van der Waals surface area contributed by atoms with E-state index in [1.165, 1.54) is 12.3 Å². The highest BCUT2D eigenvalue weighted by Gasteiger charge is 2.18. The Balaban J connectivity index is 1.68. The molecule has 0 amide bonds. The predicted octanol–water partition coefficient (Wildman–Crippen LogP) is 3.16. The first-order valence-corrected chi connectivity index (χ1v) is 7.62. The summed E-state index contributed by atoms with van der Waals surface area (Å²) >= 11 is 0. The molecule has 0 unspecified atom stereocenters. The number of aromatic nitrogens is 3. The summed E-state index contributed by atoms with van der Waals surface area (Å²) in [6.07, 6.45) is 2.02. The van der Waals surface area contributed by atoms with Gasteiger partial charge in [-0.15, -0.1) is 10.2 Å². The number of hydrogen-bond acceptors (Lipinski definition) is 7. The third kappa shape index (κ3) is 3.97. The molecule has 0 aliphatic rings. The van der Waals surface area contributed by atoms with Crippen molar-refractivity contribution in [3.63, 3.8) is 0 Å². The lowest BCUT2D eigenvalue weighted by atomic mass is 10.1. The van der Waals surface area contributed by atoms with E-state index < -0.39 is 4.92 Å². The Morgan fingerprint density at radius 3 is 2.72 bits per heavy atom. The molecule has 8 heteroatoms. The van der Waals surface area contributed by atoms with Crippen molar-refractivity contribution in [3.8, 4) is 5.88 Å². The summed E-state index contributed by atoms with van der Waals surface area (Å²) in [6, 6.07) is 9.32. The molecule has 0 fully saturated rings. The molecule has 0 bridgehead atoms. The lowest BCUT2D eigenvalue weighted by Crippen LogP contribution is -2.01. The zero-order chi connectivity index (χ0) is 17.8. The Labute approximate surface area is 143 Å². The summed E-state index contributed by atoms with van der Waals surface area (Å²) < 4.78 is 10.9. The molecule has 0 N–H and O–H groups in total. The summed E-state index contributed by atoms with van der Waals surface area (Å²) in [5.41, 5.74) is 2.71. The van der Waals surface area contributed by atoms with Crippen molar-refractivity contribution in [1.29, 1.82) is 0 Å². The summed E-state index contributed by atoms with van der Waals surface area (Å²) in [5.74, 6) is 0.619. The fourth-order valence-electron chi connectivity index (χ4n) is 2.30. The van der Waals surface area contributed by atoms with Crippen LogP contribution >= 0.6 is 0 Å². The van der Waals surface area contributed by atoms with Gasteiger partial charge in [0.05, 0.1) is 11.3 Å². The Hall–Kier alpha value is -3.29. The summed E-state index contributed by atoms with van der Waals surface area (Å²) in [6.45, 7) is 3.65. The normalized spacial score (nSPS) is 10.6. The van der Waals surface area contributed by atoms with Crippen LogP contribution in [0.5, 0.6) is 5.88 Å². The van der Waals surface area contributed by atoms with Crippen molar-refractivity contribution in [3.05, 3.63) is 75.1 Å². The first kappa shape index (κ1) is 16.6. The van der Waals surface area contributed by atoms with Crippen molar-refractivity contribution >= 4 is 5.69 Å². The van der Waals surface area contributed by atoms with E-state index >= 15 is 0 Å². The van der Waals surface area contributed by atoms with E-state index in [1.54, 1.807) is 6.92 Å². The minimum Gasteiger partial charge on any atom is -0.463 e. The van der Waals surface area contributed by atoms with Crippen LogP contribution in [0.3, 0.4) is 0 Å². The van der Waals surface area contributed by atoms with E-state index in [0.717, 1.165) is 11.1 Å². The van der Waals surface area contributed by atoms with Crippen LogP contribution in [0.25, 0.3) is 0 Å². The maximum Gasteiger partial charge on any atom is 0.331 e. The molecule has 0 saturated heterocycles. The number of aryl methyl sites for hydroxylation is 2. The maximum absolute atomic E-state index is 11.1. The summed E-state index contributed by atoms with van der Waals surface area (Å²) in [4.78, 5) is 14.5. The molecule has 0 atom stereocenters. The lowest BCUT2D eigenvalue weighted by Gasteiger charge is -2.03. The molecule has 2 aromatic heterocycles. The second kappa shape index (κ2) is 7.08. The number of nitrogens with zero attached hydrogens (tertiary/aromatic N) is 4. The van der Waals surface area contributed by atoms with Crippen LogP contribution in [-0.4, -0.2) is 20.1 Å². The van der Waals surface area contributed by atoms with E-state index in [9.17, 15) is 10.1 Å². The second-order valence-electron chi connectivity index (χ2n) is 5.58. The lowest BCUT2D eigenvalue weighted by molar-refractivity contribution is -0.386. The Morgan fingerprint density at radius 1 is 1.20 bits per heavy atom. The van der Waals surface area contributed by atoms with E-state index in [1.807, 2.05) is 31.2 Å². The molecular weight excluding hydrogens is 324 g/mol. The zero-order valence-electron chi connectivity index (χ0n) is 13.8. The fourth-order valence-corrected chi connectivity index (χ4v) is 2.30. The first-order chi connectivity index (χ1) is 12.0. The first-order valence-electron chi connectivity index (χ1n) is 7.62. The van der Waals surface area contributed by atoms with Crippen molar-refractivity contribution in [2.45, 2.75) is 26.9 Å². The van der Waals surface area contributed by atoms with Gasteiger partial charge in [0, 0.05) is 12.3 Å². The van der Waals surface area contributed by atoms with Gasteiger partial charge in [0.1, 0.15) is 0 Å². The van der Waals surface area contributed by atoms with Gasteiger partial charge >= 0.3 is 5.69 Å². The van der Waals surface area contributed by atoms with E-state index in [-0.39, 0.29) is 24.1 Å². The second-order valence-corrected chi connectivity index (χ2v) is 5.58. The highest BCUT2D eigenvalue weighted by atomic mass is 16.6. The third-order valence-electron chi connectivity index (χ3n) is 3.61. The molecule has 2 heterocycles. The van der Waals surface area contributed by atoms with Crippen molar-refractivity contribution in [2.24, 2.45) is 0 Å². The molecule has 3 aromatic rings. The van der Waals surface area contributed by atoms with Crippen molar-refractivity contribution < 1.29 is 14.1 Å². The molecule has 1 aromatic carbocycles. The molecule has 0 saturated carbocycles. The number of pyridine rings is 1. The van der Waals surface area contributed by atoms with Gasteiger partial charge in [-0.1, -0.05) is 24.3 Å². The smallest absolute Gasteiger partial charge is 0.331 e. The maximum atomic E-state index is 11.1. The van der Waals surface area contributed by atoms with Crippen molar-refractivity contribution in [1.82, 2.24) is 15.2 Å². The van der Waals surface area contributed by atoms with Crippen molar-refractivity contribution in [2.75, 3.05) is 0 Å². The average molecular weight is 340 g/mol. The molecule has 3 rings (SSSR count). The van der Waals surface area contributed by atoms with E-state index in [2.05, 4.69) is 15.2 Å². The van der Waals surface area contributed by atoms with Gasteiger partial charge in [-0.2, -0.15) is 0 Å². The number of rotatable bonds is 6. The van der Waals surface area contributed by atoms with Crippen LogP contribution in [0.15, 0.2) is 40.9 Å². The van der Waals surface area contributed by atoms with Gasteiger partial charge in [0.15, 0.2) is 6.61 Å². The molecule has 0 radical (unpaired) electrons. The monoisotopic (exact) mass is 340 g/mol. The number of benzene rings is 1. The van der Waals surface area contributed by atoms with Gasteiger partial charge in [0.2, 0.25) is 5.89 Å². The molecule has 128 valence electrons. The number of ether oxygens (including phenoxy) is 1. The number of hydrogen-bond donors (Lipinski definition) is 0. The SMILES string of the molecule is Cc1cnc(OCc2nnc(Cc3ccccc3C)o2)c([N+](=O)[O-])c1.